The van der Waals surface area contributed by atoms with Crippen LogP contribution in [0.4, 0.5) is 0 Å². The summed E-state index contributed by atoms with van der Waals surface area (Å²) in [6.45, 7) is 7.49. The first-order chi connectivity index (χ1) is 9.59. The maximum Gasteiger partial charge on any atom is 0.119 e. The van der Waals surface area contributed by atoms with E-state index in [0.717, 1.165) is 55.8 Å². The summed E-state index contributed by atoms with van der Waals surface area (Å²) < 4.78 is 5.25. The van der Waals surface area contributed by atoms with E-state index in [1.165, 1.54) is 6.42 Å². The second-order valence-corrected chi connectivity index (χ2v) is 5.91. The van der Waals surface area contributed by atoms with E-state index < -0.39 is 5.60 Å². The van der Waals surface area contributed by atoms with Crippen LogP contribution in [0.15, 0.2) is 18.2 Å². The summed E-state index contributed by atoms with van der Waals surface area (Å²) in [5.41, 5.74) is 1.51. The first kappa shape index (κ1) is 15.3. The molecular formula is C17H27NO2. The lowest BCUT2D eigenvalue weighted by molar-refractivity contribution is 0.0206. The molecule has 2 rings (SSSR count). The normalized spacial score (nSPS) is 24.4. The van der Waals surface area contributed by atoms with Crippen molar-refractivity contribution in [2.75, 3.05) is 26.7 Å². The minimum atomic E-state index is -0.682. The highest BCUT2D eigenvalue weighted by molar-refractivity contribution is 5.38. The molecule has 1 saturated heterocycles. The van der Waals surface area contributed by atoms with Gasteiger partial charge in [-0.1, -0.05) is 13.0 Å². The lowest BCUT2D eigenvalue weighted by atomic mass is 9.84. The van der Waals surface area contributed by atoms with Gasteiger partial charge in [-0.3, -0.25) is 0 Å². The minimum absolute atomic E-state index is 0.682. The molecule has 1 N–H and O–H groups in total. The Morgan fingerprint density at radius 1 is 1.30 bits per heavy atom. The summed E-state index contributed by atoms with van der Waals surface area (Å²) in [5.74, 6) is 0.857. The van der Waals surface area contributed by atoms with Crippen molar-refractivity contribution in [2.24, 2.45) is 0 Å². The minimum Gasteiger partial charge on any atom is -0.497 e. The number of methoxy groups -OCH3 is 1. The average molecular weight is 277 g/mol. The van der Waals surface area contributed by atoms with Crippen molar-refractivity contribution in [3.8, 4) is 5.75 Å². The highest BCUT2D eigenvalue weighted by Crippen LogP contribution is 2.35. The molecule has 1 fully saturated rings. The Hall–Kier alpha value is -1.06. The van der Waals surface area contributed by atoms with Crippen molar-refractivity contribution in [2.45, 2.75) is 45.1 Å². The molecule has 1 atom stereocenters. The topological polar surface area (TPSA) is 32.7 Å². The van der Waals surface area contributed by atoms with E-state index in [1.54, 1.807) is 7.11 Å². The number of aliphatic hydroxyl groups is 1. The molecule has 20 heavy (non-hydrogen) atoms. The van der Waals surface area contributed by atoms with Gasteiger partial charge in [-0.2, -0.15) is 0 Å². The maximum absolute atomic E-state index is 11.1. The first-order valence-corrected chi connectivity index (χ1v) is 7.69. The Balaban J connectivity index is 2.18. The number of benzene rings is 1. The Morgan fingerprint density at radius 2 is 2.10 bits per heavy atom. The molecule has 1 unspecified atom stereocenters. The number of ether oxygens (including phenoxy) is 1. The molecule has 1 aromatic rings. The second kappa shape index (κ2) is 6.59. The van der Waals surface area contributed by atoms with Crippen molar-refractivity contribution < 1.29 is 9.84 Å². The van der Waals surface area contributed by atoms with Crippen molar-refractivity contribution in [3.05, 3.63) is 29.3 Å². The number of rotatable bonds is 4. The van der Waals surface area contributed by atoms with E-state index in [-0.39, 0.29) is 0 Å². The van der Waals surface area contributed by atoms with Gasteiger partial charge in [0.1, 0.15) is 5.75 Å². The standard InChI is InChI=1S/C17H27NO2/c1-4-10-18-11-5-8-17(19,9-12-18)16-7-6-15(20-3)13-14(16)2/h6-7,13,19H,4-5,8-12H2,1-3H3. The second-order valence-electron chi connectivity index (χ2n) is 5.91. The quantitative estimate of drug-likeness (QED) is 0.918. The molecule has 3 heteroatoms. The van der Waals surface area contributed by atoms with Gasteiger partial charge in [-0.15, -0.1) is 0 Å². The zero-order valence-corrected chi connectivity index (χ0v) is 13.0. The van der Waals surface area contributed by atoms with Crippen molar-refractivity contribution in [3.63, 3.8) is 0 Å². The van der Waals surface area contributed by atoms with Crippen molar-refractivity contribution >= 4 is 0 Å². The molecule has 0 saturated carbocycles. The summed E-state index contributed by atoms with van der Waals surface area (Å²) in [5, 5.41) is 11.1. The fourth-order valence-electron chi connectivity index (χ4n) is 3.27. The monoisotopic (exact) mass is 277 g/mol. The first-order valence-electron chi connectivity index (χ1n) is 7.69. The van der Waals surface area contributed by atoms with Crippen LogP contribution in [0, 0.1) is 6.92 Å². The lowest BCUT2D eigenvalue weighted by Crippen LogP contribution is -2.30. The third-order valence-electron chi connectivity index (χ3n) is 4.38. The molecule has 0 aromatic heterocycles. The highest BCUT2D eigenvalue weighted by atomic mass is 16.5. The fraction of sp³-hybridized carbons (Fsp3) is 0.647. The maximum atomic E-state index is 11.1. The predicted molar refractivity (Wildman–Crippen MR) is 82.2 cm³/mol. The van der Waals surface area contributed by atoms with Crippen molar-refractivity contribution in [1.29, 1.82) is 0 Å². The molecule has 0 spiro atoms. The van der Waals surface area contributed by atoms with Gasteiger partial charge in [-0.05, 0) is 69.0 Å². The van der Waals surface area contributed by atoms with Gasteiger partial charge in [0.25, 0.3) is 0 Å². The van der Waals surface area contributed by atoms with Crippen LogP contribution >= 0.6 is 0 Å². The number of hydrogen-bond donors (Lipinski definition) is 1. The zero-order chi connectivity index (χ0) is 14.6. The third kappa shape index (κ3) is 3.33. The molecule has 0 amide bonds. The van der Waals surface area contributed by atoms with Crippen molar-refractivity contribution in [1.82, 2.24) is 4.90 Å². The number of likely N-dealkylation sites (tertiary alicyclic amines) is 1. The van der Waals surface area contributed by atoms with Crippen LogP contribution in [0.25, 0.3) is 0 Å². The molecule has 0 bridgehead atoms. The van der Waals surface area contributed by atoms with Gasteiger partial charge in [0.2, 0.25) is 0 Å². The van der Waals surface area contributed by atoms with Gasteiger partial charge in [-0.25, -0.2) is 0 Å². The summed E-state index contributed by atoms with van der Waals surface area (Å²) in [6.07, 6.45) is 3.91. The van der Waals surface area contributed by atoms with Crippen LogP contribution < -0.4 is 4.74 Å². The SMILES string of the molecule is CCCN1CCCC(O)(c2ccc(OC)cc2C)CC1. The van der Waals surface area contributed by atoms with Crippen LogP contribution in [0.3, 0.4) is 0 Å². The van der Waals surface area contributed by atoms with E-state index in [0.29, 0.717) is 0 Å². The molecule has 1 aliphatic rings. The molecule has 1 heterocycles. The molecule has 1 aromatic carbocycles. The van der Waals surface area contributed by atoms with Gasteiger partial charge in [0.15, 0.2) is 0 Å². The number of aryl methyl sites for hydroxylation is 1. The third-order valence-corrected chi connectivity index (χ3v) is 4.38. The van der Waals surface area contributed by atoms with E-state index in [1.807, 2.05) is 18.2 Å². The van der Waals surface area contributed by atoms with Gasteiger partial charge in [0.05, 0.1) is 12.7 Å². The molecule has 112 valence electrons. The van der Waals surface area contributed by atoms with E-state index in [2.05, 4.69) is 18.7 Å². The van der Waals surface area contributed by atoms with Crippen LogP contribution in [0.5, 0.6) is 5.75 Å². The Bertz CT molecular complexity index is 447. The zero-order valence-electron chi connectivity index (χ0n) is 13.0. The predicted octanol–water partition coefficient (Wildman–Crippen LogP) is 3.09. The number of hydrogen-bond acceptors (Lipinski definition) is 3. The molecule has 3 nitrogen and oxygen atoms in total. The smallest absolute Gasteiger partial charge is 0.119 e. The van der Waals surface area contributed by atoms with Gasteiger partial charge >= 0.3 is 0 Å². The average Bonchev–Trinajstić information content (AvgIpc) is 2.62. The highest BCUT2D eigenvalue weighted by Gasteiger charge is 2.33. The van der Waals surface area contributed by atoms with E-state index in [9.17, 15) is 5.11 Å². The van der Waals surface area contributed by atoms with Crippen LogP contribution in [0.2, 0.25) is 0 Å². The van der Waals surface area contributed by atoms with E-state index in [4.69, 9.17) is 4.74 Å². The van der Waals surface area contributed by atoms with Crippen LogP contribution in [0.1, 0.15) is 43.7 Å². The summed E-state index contributed by atoms with van der Waals surface area (Å²) in [6, 6.07) is 6.00. The molecule has 0 aliphatic carbocycles. The molecule has 0 radical (unpaired) electrons. The largest absolute Gasteiger partial charge is 0.497 e. The van der Waals surface area contributed by atoms with Gasteiger partial charge < -0.3 is 14.7 Å². The van der Waals surface area contributed by atoms with Gasteiger partial charge in [0, 0.05) is 6.54 Å². The Kier molecular flexibility index (Phi) is 5.06. The van der Waals surface area contributed by atoms with E-state index >= 15 is 0 Å². The Morgan fingerprint density at radius 3 is 2.75 bits per heavy atom. The summed E-state index contributed by atoms with van der Waals surface area (Å²) >= 11 is 0. The lowest BCUT2D eigenvalue weighted by Gasteiger charge is -2.29. The summed E-state index contributed by atoms with van der Waals surface area (Å²) in [4.78, 5) is 2.47. The Labute approximate surface area is 122 Å². The summed E-state index contributed by atoms with van der Waals surface area (Å²) in [7, 11) is 1.68. The van der Waals surface area contributed by atoms with Crippen LogP contribution in [-0.4, -0.2) is 36.8 Å². The fourth-order valence-corrected chi connectivity index (χ4v) is 3.27. The number of nitrogens with zero attached hydrogens (tertiary/aromatic N) is 1. The molecule has 1 aliphatic heterocycles. The molecular weight excluding hydrogens is 250 g/mol. The van der Waals surface area contributed by atoms with Crippen LogP contribution in [-0.2, 0) is 5.60 Å².